The number of unbranched alkanes of at least 4 members (excludes halogenated alkanes) is 6. The minimum atomic E-state index is 0.376. The molecule has 0 saturated carbocycles. The third-order valence-electron chi connectivity index (χ3n) is 2.85. The van der Waals surface area contributed by atoms with Gasteiger partial charge in [-0.15, -0.1) is 11.6 Å². The van der Waals surface area contributed by atoms with Gasteiger partial charge in [-0.05, 0) is 12.8 Å². The van der Waals surface area contributed by atoms with Crippen molar-refractivity contribution in [1.82, 2.24) is 0 Å². The van der Waals surface area contributed by atoms with Crippen LogP contribution >= 0.6 is 11.6 Å². The molecule has 0 bridgehead atoms. The summed E-state index contributed by atoms with van der Waals surface area (Å²) in [4.78, 5) is 0. The van der Waals surface area contributed by atoms with Gasteiger partial charge in [-0.1, -0.05) is 38.5 Å². The van der Waals surface area contributed by atoms with Crippen LogP contribution < -0.4 is 0 Å². The van der Waals surface area contributed by atoms with Crippen molar-refractivity contribution in [2.45, 2.75) is 57.5 Å². The molecule has 0 aromatic carbocycles. The fourth-order valence-electron chi connectivity index (χ4n) is 1.89. The van der Waals surface area contributed by atoms with Gasteiger partial charge in [0.15, 0.2) is 0 Å². The topological polar surface area (TPSA) is 18.5 Å². The van der Waals surface area contributed by atoms with Crippen molar-refractivity contribution in [3.63, 3.8) is 0 Å². The predicted octanol–water partition coefficient (Wildman–Crippen LogP) is 3.72. The third kappa shape index (κ3) is 7.15. The van der Waals surface area contributed by atoms with Crippen LogP contribution in [0.1, 0.15) is 51.4 Å². The van der Waals surface area contributed by atoms with Gasteiger partial charge in [0.05, 0.1) is 12.7 Å². The standard InChI is InChI=1S/C12H23ClO2/c13-9-7-5-3-1-2-4-6-8-12-10-14-11-15-12/h12H,1-11H2. The second kappa shape index (κ2) is 9.44. The van der Waals surface area contributed by atoms with Crippen LogP contribution in [0.4, 0.5) is 0 Å². The van der Waals surface area contributed by atoms with Gasteiger partial charge in [-0.3, -0.25) is 0 Å². The molecular formula is C12H23ClO2. The van der Waals surface area contributed by atoms with Gasteiger partial charge in [0, 0.05) is 5.88 Å². The Morgan fingerprint density at radius 3 is 2.20 bits per heavy atom. The van der Waals surface area contributed by atoms with Crippen molar-refractivity contribution in [2.24, 2.45) is 0 Å². The van der Waals surface area contributed by atoms with E-state index in [1.165, 1.54) is 51.4 Å². The SMILES string of the molecule is ClCCCCCCCCCC1COCO1. The maximum Gasteiger partial charge on any atom is 0.147 e. The van der Waals surface area contributed by atoms with Crippen molar-refractivity contribution in [2.75, 3.05) is 19.3 Å². The highest BCUT2D eigenvalue weighted by Crippen LogP contribution is 2.14. The fraction of sp³-hybridized carbons (Fsp3) is 1.00. The van der Waals surface area contributed by atoms with Crippen LogP contribution in [0.5, 0.6) is 0 Å². The van der Waals surface area contributed by atoms with Crippen molar-refractivity contribution < 1.29 is 9.47 Å². The van der Waals surface area contributed by atoms with Gasteiger partial charge in [0.25, 0.3) is 0 Å². The van der Waals surface area contributed by atoms with E-state index in [4.69, 9.17) is 21.1 Å². The number of ether oxygens (including phenoxy) is 2. The minimum Gasteiger partial charge on any atom is -0.353 e. The molecule has 90 valence electrons. The van der Waals surface area contributed by atoms with Crippen molar-refractivity contribution in [3.05, 3.63) is 0 Å². The lowest BCUT2D eigenvalue weighted by Gasteiger charge is -2.06. The van der Waals surface area contributed by atoms with Gasteiger partial charge in [0.1, 0.15) is 6.79 Å². The summed E-state index contributed by atoms with van der Waals surface area (Å²) in [7, 11) is 0. The zero-order valence-corrected chi connectivity index (χ0v) is 10.3. The molecular weight excluding hydrogens is 212 g/mol. The summed E-state index contributed by atoms with van der Waals surface area (Å²) in [5.41, 5.74) is 0. The van der Waals surface area contributed by atoms with Crippen molar-refractivity contribution in [1.29, 1.82) is 0 Å². The Hall–Kier alpha value is 0.210. The smallest absolute Gasteiger partial charge is 0.147 e. The van der Waals surface area contributed by atoms with E-state index >= 15 is 0 Å². The molecule has 0 radical (unpaired) electrons. The Morgan fingerprint density at radius 2 is 1.60 bits per heavy atom. The fourth-order valence-corrected chi connectivity index (χ4v) is 2.08. The largest absolute Gasteiger partial charge is 0.353 e. The molecule has 1 heterocycles. The molecule has 1 unspecified atom stereocenters. The molecule has 3 heteroatoms. The molecule has 1 aliphatic rings. The first kappa shape index (κ1) is 13.3. The van der Waals surface area contributed by atoms with Crippen LogP contribution in [-0.4, -0.2) is 25.4 Å². The summed E-state index contributed by atoms with van der Waals surface area (Å²) >= 11 is 5.61. The molecule has 1 fully saturated rings. The Balaban J connectivity index is 1.73. The first-order valence-electron chi connectivity index (χ1n) is 6.19. The third-order valence-corrected chi connectivity index (χ3v) is 3.12. The second-order valence-electron chi connectivity index (χ2n) is 4.23. The number of halogens is 1. The Bertz CT molecular complexity index is 136. The molecule has 0 amide bonds. The lowest BCUT2D eigenvalue weighted by atomic mass is 10.1. The number of hydrogen-bond acceptors (Lipinski definition) is 2. The van der Waals surface area contributed by atoms with Crippen LogP contribution in [0.15, 0.2) is 0 Å². The Morgan fingerprint density at radius 1 is 0.933 bits per heavy atom. The summed E-state index contributed by atoms with van der Waals surface area (Å²) in [6.07, 6.45) is 10.7. The molecule has 1 rings (SSSR count). The Labute approximate surface area is 98.3 Å². The summed E-state index contributed by atoms with van der Waals surface area (Å²) < 4.78 is 10.5. The quantitative estimate of drug-likeness (QED) is 0.447. The highest BCUT2D eigenvalue weighted by Gasteiger charge is 2.14. The van der Waals surface area contributed by atoms with Gasteiger partial charge < -0.3 is 9.47 Å². The summed E-state index contributed by atoms with van der Waals surface area (Å²) in [5.74, 6) is 0.818. The molecule has 1 saturated heterocycles. The average molecular weight is 235 g/mol. The normalized spacial score (nSPS) is 21.0. The minimum absolute atomic E-state index is 0.376. The maximum atomic E-state index is 5.61. The van der Waals surface area contributed by atoms with E-state index in [2.05, 4.69) is 0 Å². The van der Waals surface area contributed by atoms with E-state index in [1.807, 2.05) is 0 Å². The Kier molecular flexibility index (Phi) is 8.35. The molecule has 15 heavy (non-hydrogen) atoms. The molecule has 1 aliphatic heterocycles. The highest BCUT2D eigenvalue weighted by atomic mass is 35.5. The van der Waals surface area contributed by atoms with Gasteiger partial charge >= 0.3 is 0 Å². The second-order valence-corrected chi connectivity index (χ2v) is 4.61. The number of rotatable bonds is 9. The predicted molar refractivity (Wildman–Crippen MR) is 63.3 cm³/mol. The van der Waals surface area contributed by atoms with Crippen LogP contribution in [0, 0.1) is 0 Å². The molecule has 0 aliphatic carbocycles. The first-order valence-corrected chi connectivity index (χ1v) is 6.72. The van der Waals surface area contributed by atoms with E-state index in [0.717, 1.165) is 12.5 Å². The molecule has 0 aromatic rings. The molecule has 0 aromatic heterocycles. The lowest BCUT2D eigenvalue weighted by Crippen LogP contribution is -2.08. The van der Waals surface area contributed by atoms with Crippen LogP contribution in [0.2, 0.25) is 0 Å². The number of hydrogen-bond donors (Lipinski definition) is 0. The van der Waals surface area contributed by atoms with E-state index in [-0.39, 0.29) is 0 Å². The van der Waals surface area contributed by atoms with Gasteiger partial charge in [-0.2, -0.15) is 0 Å². The van der Waals surface area contributed by atoms with Gasteiger partial charge in [-0.25, -0.2) is 0 Å². The molecule has 0 N–H and O–H groups in total. The van der Waals surface area contributed by atoms with Crippen LogP contribution in [-0.2, 0) is 9.47 Å². The van der Waals surface area contributed by atoms with Crippen molar-refractivity contribution in [3.8, 4) is 0 Å². The summed E-state index contributed by atoms with van der Waals surface area (Å²) in [5, 5.41) is 0. The molecule has 2 nitrogen and oxygen atoms in total. The molecule has 1 atom stereocenters. The van der Waals surface area contributed by atoms with E-state index < -0.39 is 0 Å². The zero-order chi connectivity index (χ0) is 10.8. The highest BCUT2D eigenvalue weighted by molar-refractivity contribution is 6.17. The maximum absolute atomic E-state index is 5.61. The summed E-state index contributed by atoms with van der Waals surface area (Å²) in [6, 6.07) is 0. The van der Waals surface area contributed by atoms with Crippen molar-refractivity contribution >= 4 is 11.6 Å². The van der Waals surface area contributed by atoms with E-state index in [0.29, 0.717) is 12.9 Å². The van der Waals surface area contributed by atoms with Crippen LogP contribution in [0.3, 0.4) is 0 Å². The average Bonchev–Trinajstić information content (AvgIpc) is 2.75. The van der Waals surface area contributed by atoms with E-state index in [9.17, 15) is 0 Å². The van der Waals surface area contributed by atoms with E-state index in [1.54, 1.807) is 0 Å². The first-order chi connectivity index (χ1) is 7.43. The lowest BCUT2D eigenvalue weighted by molar-refractivity contribution is 0.0440. The van der Waals surface area contributed by atoms with Crippen LogP contribution in [0.25, 0.3) is 0 Å². The molecule has 0 spiro atoms. The van der Waals surface area contributed by atoms with Gasteiger partial charge in [0.2, 0.25) is 0 Å². The summed E-state index contributed by atoms with van der Waals surface area (Å²) in [6.45, 7) is 1.30. The number of alkyl halides is 1. The zero-order valence-electron chi connectivity index (χ0n) is 9.55. The monoisotopic (exact) mass is 234 g/mol.